The van der Waals surface area contributed by atoms with E-state index in [1.54, 1.807) is 0 Å². The predicted molar refractivity (Wildman–Crippen MR) is 116 cm³/mol. The number of halogens is 2. The second kappa shape index (κ2) is 12.1. The Morgan fingerprint density at radius 1 is 1.56 bits per heavy atom. The van der Waals surface area contributed by atoms with Gasteiger partial charge in [-0.05, 0) is 41.3 Å². The van der Waals surface area contributed by atoms with Gasteiger partial charge in [-0.2, -0.15) is 0 Å². The number of rotatable bonds is 8. The molecule has 0 aliphatic carbocycles. The van der Waals surface area contributed by atoms with Crippen molar-refractivity contribution in [1.82, 2.24) is 14.8 Å². The highest BCUT2D eigenvalue weighted by Crippen LogP contribution is 2.15. The van der Waals surface area contributed by atoms with Crippen molar-refractivity contribution < 1.29 is 9.47 Å². The summed E-state index contributed by atoms with van der Waals surface area (Å²) in [5.41, 5.74) is 1.23. The van der Waals surface area contributed by atoms with Gasteiger partial charge in [-0.15, -0.1) is 24.0 Å². The van der Waals surface area contributed by atoms with Gasteiger partial charge >= 0.3 is 0 Å². The van der Waals surface area contributed by atoms with Crippen molar-refractivity contribution in [3.63, 3.8) is 0 Å². The first-order valence-corrected chi connectivity index (χ1v) is 9.31. The third-order valence-corrected chi connectivity index (χ3v) is 4.56. The van der Waals surface area contributed by atoms with Gasteiger partial charge in [0, 0.05) is 57.3 Å². The maximum atomic E-state index is 5.68. The lowest BCUT2D eigenvalue weighted by Crippen LogP contribution is -2.39. The number of hydrogen-bond acceptors (Lipinski definition) is 3. The summed E-state index contributed by atoms with van der Waals surface area (Å²) in [6, 6.07) is 2.13. The van der Waals surface area contributed by atoms with Crippen LogP contribution in [0.2, 0.25) is 0 Å². The maximum Gasteiger partial charge on any atom is 0.193 e. The smallest absolute Gasteiger partial charge is 0.193 e. The summed E-state index contributed by atoms with van der Waals surface area (Å²) in [6.45, 7) is 4.00. The third kappa shape index (κ3) is 7.84. The van der Waals surface area contributed by atoms with Crippen molar-refractivity contribution in [1.29, 1.82) is 0 Å². The molecule has 0 bridgehead atoms. The fourth-order valence-electron chi connectivity index (χ4n) is 2.79. The summed E-state index contributed by atoms with van der Waals surface area (Å²) >= 11 is 3.51. The molecular formula is C17H30BrIN4O2. The molecule has 1 aromatic heterocycles. The van der Waals surface area contributed by atoms with Gasteiger partial charge in [0.2, 0.25) is 0 Å². The van der Waals surface area contributed by atoms with E-state index in [1.165, 1.54) is 5.69 Å². The minimum absolute atomic E-state index is 0. The van der Waals surface area contributed by atoms with Crippen LogP contribution in [0.3, 0.4) is 0 Å². The molecule has 0 aromatic carbocycles. The molecule has 0 saturated carbocycles. The van der Waals surface area contributed by atoms with E-state index in [2.05, 4.69) is 55.0 Å². The Balaban J connectivity index is 0.00000312. The molecule has 0 spiro atoms. The van der Waals surface area contributed by atoms with Crippen molar-refractivity contribution in [2.45, 2.75) is 31.9 Å². The number of guanidine groups is 1. The highest BCUT2D eigenvalue weighted by molar-refractivity contribution is 14.0. The summed E-state index contributed by atoms with van der Waals surface area (Å²) in [6.07, 6.45) is 5.61. The van der Waals surface area contributed by atoms with Crippen molar-refractivity contribution in [3.8, 4) is 0 Å². The van der Waals surface area contributed by atoms with Crippen LogP contribution >= 0.6 is 39.9 Å². The highest BCUT2D eigenvalue weighted by Gasteiger charge is 2.15. The van der Waals surface area contributed by atoms with Crippen LogP contribution in [0.5, 0.6) is 0 Å². The van der Waals surface area contributed by atoms with E-state index in [1.807, 2.05) is 14.1 Å². The molecule has 1 N–H and O–H groups in total. The summed E-state index contributed by atoms with van der Waals surface area (Å²) < 4.78 is 14.4. The molecule has 8 heteroatoms. The molecule has 2 rings (SSSR count). The van der Waals surface area contributed by atoms with Crippen LogP contribution in [0.25, 0.3) is 0 Å². The number of hydrogen-bond donors (Lipinski definition) is 1. The Hall–Kier alpha value is -0.320. The first kappa shape index (κ1) is 22.7. The van der Waals surface area contributed by atoms with Gasteiger partial charge in [0.05, 0.1) is 19.3 Å². The topological polar surface area (TPSA) is 51.0 Å². The quantitative estimate of drug-likeness (QED) is 0.244. The maximum absolute atomic E-state index is 5.68. The van der Waals surface area contributed by atoms with Crippen LogP contribution in [0.15, 0.2) is 21.7 Å². The molecule has 25 heavy (non-hydrogen) atoms. The van der Waals surface area contributed by atoms with Crippen LogP contribution in [-0.4, -0.2) is 62.0 Å². The van der Waals surface area contributed by atoms with Gasteiger partial charge < -0.3 is 24.3 Å². The SMILES string of the molecule is CN=C(NCCCOCC1CCCO1)N(C)Cc1cc(Br)cn1C.I. The summed E-state index contributed by atoms with van der Waals surface area (Å²) in [4.78, 5) is 6.47. The summed E-state index contributed by atoms with van der Waals surface area (Å²) in [5.74, 6) is 0.895. The number of nitrogens with zero attached hydrogens (tertiary/aromatic N) is 3. The van der Waals surface area contributed by atoms with Crippen molar-refractivity contribution in [2.24, 2.45) is 12.0 Å². The van der Waals surface area contributed by atoms with Crippen LogP contribution in [0, 0.1) is 0 Å². The molecule has 2 heterocycles. The van der Waals surface area contributed by atoms with Crippen LogP contribution in [-0.2, 0) is 23.1 Å². The number of ether oxygens (including phenoxy) is 2. The van der Waals surface area contributed by atoms with Crippen LogP contribution in [0.4, 0.5) is 0 Å². The zero-order valence-corrected chi connectivity index (χ0v) is 19.2. The molecule has 1 unspecified atom stereocenters. The van der Waals surface area contributed by atoms with E-state index in [0.29, 0.717) is 6.10 Å². The second-order valence-corrected chi connectivity index (χ2v) is 7.07. The Morgan fingerprint density at radius 2 is 2.36 bits per heavy atom. The lowest BCUT2D eigenvalue weighted by Gasteiger charge is -2.22. The third-order valence-electron chi connectivity index (χ3n) is 4.12. The molecule has 1 fully saturated rings. The van der Waals surface area contributed by atoms with E-state index in [4.69, 9.17) is 9.47 Å². The molecule has 1 aromatic rings. The first-order valence-electron chi connectivity index (χ1n) is 8.52. The molecule has 1 aliphatic heterocycles. The van der Waals surface area contributed by atoms with Crippen LogP contribution in [0.1, 0.15) is 25.0 Å². The Bertz CT molecular complexity index is 533. The number of nitrogens with one attached hydrogen (secondary N) is 1. The molecule has 6 nitrogen and oxygen atoms in total. The van der Waals surface area contributed by atoms with Crippen molar-refractivity contribution in [3.05, 3.63) is 22.4 Å². The molecule has 0 radical (unpaired) electrons. The molecule has 1 atom stereocenters. The van der Waals surface area contributed by atoms with Gasteiger partial charge in [0.15, 0.2) is 5.96 Å². The molecule has 144 valence electrons. The largest absolute Gasteiger partial charge is 0.379 e. The molecule has 1 saturated heterocycles. The fourth-order valence-corrected chi connectivity index (χ4v) is 3.36. The molecule has 1 aliphatic rings. The number of aliphatic imine (C=N–C) groups is 1. The van der Waals surface area contributed by atoms with E-state index < -0.39 is 0 Å². The van der Waals surface area contributed by atoms with Gasteiger partial charge in [0.1, 0.15) is 0 Å². The fraction of sp³-hybridized carbons (Fsp3) is 0.706. The van der Waals surface area contributed by atoms with Crippen molar-refractivity contribution >= 4 is 45.9 Å². The molecular weight excluding hydrogens is 499 g/mol. The Kier molecular flexibility index (Phi) is 11.0. The van der Waals surface area contributed by atoms with Crippen LogP contribution < -0.4 is 5.32 Å². The second-order valence-electron chi connectivity index (χ2n) is 6.15. The van der Waals surface area contributed by atoms with Gasteiger partial charge in [-0.25, -0.2) is 0 Å². The Labute approximate surface area is 176 Å². The normalized spacial score (nSPS) is 17.4. The standard InChI is InChI=1S/C17H29BrN4O2.HI/c1-19-17(22(3)12-15-10-14(18)11-21(15)2)20-7-5-8-23-13-16-6-4-9-24-16;/h10-11,16H,4-9,12-13H2,1-3H3,(H,19,20);1H. The zero-order valence-electron chi connectivity index (χ0n) is 15.3. The lowest BCUT2D eigenvalue weighted by atomic mass is 10.2. The summed E-state index contributed by atoms with van der Waals surface area (Å²) in [7, 11) is 5.91. The van der Waals surface area contributed by atoms with E-state index in [9.17, 15) is 0 Å². The number of aromatic nitrogens is 1. The zero-order chi connectivity index (χ0) is 17.4. The van der Waals surface area contributed by atoms with Gasteiger partial charge in [0.25, 0.3) is 0 Å². The highest BCUT2D eigenvalue weighted by atomic mass is 127. The lowest BCUT2D eigenvalue weighted by molar-refractivity contribution is 0.0168. The minimum Gasteiger partial charge on any atom is -0.379 e. The number of aryl methyl sites for hydroxylation is 1. The van der Waals surface area contributed by atoms with E-state index in [0.717, 1.165) is 62.6 Å². The van der Waals surface area contributed by atoms with E-state index >= 15 is 0 Å². The molecule has 0 amide bonds. The van der Waals surface area contributed by atoms with Gasteiger partial charge in [-0.3, -0.25) is 4.99 Å². The predicted octanol–water partition coefficient (Wildman–Crippen LogP) is 3.00. The monoisotopic (exact) mass is 528 g/mol. The Morgan fingerprint density at radius 3 is 2.96 bits per heavy atom. The average molecular weight is 529 g/mol. The summed E-state index contributed by atoms with van der Waals surface area (Å²) in [5, 5.41) is 3.39. The minimum atomic E-state index is 0. The average Bonchev–Trinajstić information content (AvgIpc) is 3.16. The van der Waals surface area contributed by atoms with Crippen molar-refractivity contribution in [2.75, 3.05) is 40.5 Å². The van der Waals surface area contributed by atoms with E-state index in [-0.39, 0.29) is 24.0 Å². The van der Waals surface area contributed by atoms with Gasteiger partial charge in [-0.1, -0.05) is 0 Å². The first-order chi connectivity index (χ1) is 11.6.